The van der Waals surface area contributed by atoms with E-state index in [-0.39, 0.29) is 17.0 Å². The van der Waals surface area contributed by atoms with Gasteiger partial charge in [0, 0.05) is 5.56 Å². The first kappa shape index (κ1) is 21.3. The number of nitrogens with one attached hydrogen (secondary N) is 1. The van der Waals surface area contributed by atoms with Crippen molar-refractivity contribution in [3.8, 4) is 11.3 Å². The first-order valence-electron chi connectivity index (χ1n) is 9.21. The molecule has 164 valence electrons. The Morgan fingerprint density at radius 1 is 1.29 bits per heavy atom. The molecule has 1 aromatic heterocycles. The Balaban J connectivity index is 1.68. The minimum atomic E-state index is -4.09. The van der Waals surface area contributed by atoms with Crippen LogP contribution in [0.25, 0.3) is 11.3 Å². The Bertz CT molecular complexity index is 1240. The van der Waals surface area contributed by atoms with E-state index in [0.717, 1.165) is 4.90 Å². The highest BCUT2D eigenvalue weighted by atomic mass is 35.5. The number of amides is 2. The molecule has 2 amide bonds. The number of carboxylic acid groups (broad SMARTS) is 1. The summed E-state index contributed by atoms with van der Waals surface area (Å²) in [5.74, 6) is -2.84. The fourth-order valence-electron chi connectivity index (χ4n) is 4.13. The zero-order valence-corrected chi connectivity index (χ0v) is 18.2. The number of β-lactam (4-membered cyclic amide) rings is 1. The number of fused-ring (bicyclic) bond motifs is 1. The summed E-state index contributed by atoms with van der Waals surface area (Å²) in [6.45, 7) is 4.00. The lowest BCUT2D eigenvalue weighted by Gasteiger charge is -2.42. The summed E-state index contributed by atoms with van der Waals surface area (Å²) in [5.41, 5.74) is 0.569. The molecule has 0 radical (unpaired) electrons. The topological polar surface area (TPSA) is 147 Å². The van der Waals surface area contributed by atoms with E-state index in [9.17, 15) is 27.9 Å². The van der Waals surface area contributed by atoms with Crippen LogP contribution in [0.2, 0.25) is 5.02 Å². The third-order valence-electron chi connectivity index (χ3n) is 5.81. The molecule has 2 fully saturated rings. The zero-order valence-electron chi connectivity index (χ0n) is 16.6. The first-order chi connectivity index (χ1) is 14.4. The third kappa shape index (κ3) is 2.79. The number of sulfone groups is 1. The van der Waals surface area contributed by atoms with Gasteiger partial charge in [-0.3, -0.25) is 9.59 Å². The van der Waals surface area contributed by atoms with Crippen LogP contribution in [0, 0.1) is 6.92 Å². The molecule has 2 aromatic rings. The molecule has 2 aliphatic rings. The van der Waals surface area contributed by atoms with E-state index in [1.54, 1.807) is 24.3 Å². The number of aliphatic carboxylic acids is 1. The van der Waals surface area contributed by atoms with Crippen molar-refractivity contribution >= 4 is 39.2 Å². The number of carbonyl (C=O) groups is 3. The van der Waals surface area contributed by atoms with E-state index in [2.05, 4.69) is 10.5 Å². The SMILES string of the molecule is Cc1onc(-c2ccccc2Cl)c1C(=O)N[C@@H]1C(=O)N2[C@@H]1S(=O)(=O)C(C)(C)[C@H]2C(=O)O. The minimum Gasteiger partial charge on any atom is -0.480 e. The maximum Gasteiger partial charge on any atom is 0.328 e. The number of aromatic nitrogens is 1. The Morgan fingerprint density at radius 3 is 2.55 bits per heavy atom. The van der Waals surface area contributed by atoms with E-state index in [0.29, 0.717) is 10.6 Å². The first-order valence-corrected chi connectivity index (χ1v) is 11.1. The Morgan fingerprint density at radius 2 is 1.94 bits per heavy atom. The molecular weight excluding hydrogens is 450 g/mol. The Hall–Kier alpha value is -2.92. The normalized spacial score (nSPS) is 25.6. The maximum atomic E-state index is 13.0. The lowest BCUT2D eigenvalue weighted by atomic mass is 9.95. The molecule has 3 atom stereocenters. The van der Waals surface area contributed by atoms with E-state index in [1.807, 2.05) is 0 Å². The smallest absolute Gasteiger partial charge is 0.328 e. The second-order valence-electron chi connectivity index (χ2n) is 7.92. The van der Waals surface area contributed by atoms with E-state index < -0.39 is 49.8 Å². The van der Waals surface area contributed by atoms with Crippen LogP contribution in [-0.4, -0.2) is 63.6 Å². The van der Waals surface area contributed by atoms with Crippen LogP contribution in [-0.2, 0) is 19.4 Å². The van der Waals surface area contributed by atoms with Crippen LogP contribution >= 0.6 is 11.6 Å². The van der Waals surface area contributed by atoms with Crippen molar-refractivity contribution < 1.29 is 32.4 Å². The Labute approximate surface area is 182 Å². The molecule has 0 saturated carbocycles. The van der Waals surface area contributed by atoms with Gasteiger partial charge in [-0.15, -0.1) is 0 Å². The van der Waals surface area contributed by atoms with Crippen LogP contribution in [0.5, 0.6) is 0 Å². The second-order valence-corrected chi connectivity index (χ2v) is 11.0. The number of hydrogen-bond acceptors (Lipinski definition) is 7. The molecule has 0 spiro atoms. The minimum absolute atomic E-state index is 0.00351. The number of halogens is 1. The molecule has 12 heteroatoms. The summed E-state index contributed by atoms with van der Waals surface area (Å²) in [7, 11) is -4.09. The standard InChI is InChI=1S/C19H18ClN3O7S/c1-8-11(12(22-30-8)9-6-4-5-7-10(9)20)15(24)21-13-16(25)23-14(18(26)27)19(2,3)31(28,29)17(13)23/h4-7,13-14,17H,1-3H3,(H,21,24)(H,26,27)/t13-,14-,17-/m1/s1. The maximum absolute atomic E-state index is 13.0. The lowest BCUT2D eigenvalue weighted by Crippen LogP contribution is -2.72. The molecule has 2 aliphatic heterocycles. The lowest BCUT2D eigenvalue weighted by molar-refractivity contribution is -0.159. The molecule has 31 heavy (non-hydrogen) atoms. The van der Waals surface area contributed by atoms with Gasteiger partial charge in [-0.2, -0.15) is 0 Å². The van der Waals surface area contributed by atoms with Crippen molar-refractivity contribution in [2.24, 2.45) is 0 Å². The van der Waals surface area contributed by atoms with Gasteiger partial charge < -0.3 is 19.8 Å². The van der Waals surface area contributed by atoms with Crippen LogP contribution in [0.15, 0.2) is 28.8 Å². The van der Waals surface area contributed by atoms with Crippen LogP contribution < -0.4 is 5.32 Å². The van der Waals surface area contributed by atoms with E-state index in [1.165, 1.54) is 20.8 Å². The summed E-state index contributed by atoms with van der Waals surface area (Å²) in [6, 6.07) is 3.67. The molecular formula is C19H18ClN3O7S. The highest BCUT2D eigenvalue weighted by Crippen LogP contribution is 2.46. The predicted octanol–water partition coefficient (Wildman–Crippen LogP) is 1.23. The number of nitrogens with zero attached hydrogens (tertiary/aromatic N) is 2. The highest BCUT2D eigenvalue weighted by molar-refractivity contribution is 7.94. The van der Waals surface area contributed by atoms with Crippen molar-refractivity contribution in [2.45, 2.75) is 43.0 Å². The van der Waals surface area contributed by atoms with Gasteiger partial charge in [0.05, 0.1) is 5.02 Å². The van der Waals surface area contributed by atoms with Crippen LogP contribution in [0.1, 0.15) is 30.0 Å². The molecule has 0 unspecified atom stereocenters. The van der Waals surface area contributed by atoms with Crippen molar-refractivity contribution in [2.75, 3.05) is 0 Å². The number of rotatable bonds is 4. The number of benzene rings is 1. The molecule has 4 rings (SSSR count). The molecule has 2 saturated heterocycles. The molecule has 1 aromatic carbocycles. The molecule has 3 heterocycles. The van der Waals surface area contributed by atoms with Crippen LogP contribution in [0.3, 0.4) is 0 Å². The third-order valence-corrected chi connectivity index (χ3v) is 8.96. The average Bonchev–Trinajstić information content (AvgIpc) is 3.12. The van der Waals surface area contributed by atoms with Crippen molar-refractivity contribution in [3.63, 3.8) is 0 Å². The van der Waals surface area contributed by atoms with Crippen molar-refractivity contribution in [3.05, 3.63) is 40.6 Å². The number of carbonyl (C=O) groups excluding carboxylic acids is 2. The van der Waals surface area contributed by atoms with Crippen molar-refractivity contribution in [1.29, 1.82) is 0 Å². The van der Waals surface area contributed by atoms with E-state index in [4.69, 9.17) is 16.1 Å². The van der Waals surface area contributed by atoms with Gasteiger partial charge in [-0.25, -0.2) is 13.2 Å². The zero-order chi connectivity index (χ0) is 22.9. The van der Waals surface area contributed by atoms with E-state index >= 15 is 0 Å². The summed E-state index contributed by atoms with van der Waals surface area (Å²) in [5, 5.41) is 14.6. The van der Waals surface area contributed by atoms with Gasteiger partial charge in [-0.1, -0.05) is 35.0 Å². The largest absolute Gasteiger partial charge is 0.480 e. The fraction of sp³-hybridized carbons (Fsp3) is 0.368. The molecule has 0 bridgehead atoms. The van der Waals surface area contributed by atoms with Gasteiger partial charge in [0.2, 0.25) is 5.91 Å². The second kappa shape index (κ2) is 6.79. The quantitative estimate of drug-likeness (QED) is 0.638. The predicted molar refractivity (Wildman–Crippen MR) is 108 cm³/mol. The average molecular weight is 468 g/mol. The summed E-state index contributed by atoms with van der Waals surface area (Å²) < 4.78 is 29.3. The highest BCUT2D eigenvalue weighted by Gasteiger charge is 2.72. The summed E-state index contributed by atoms with van der Waals surface area (Å²) in [6.07, 6.45) is 0. The Kier molecular flexibility index (Phi) is 4.67. The summed E-state index contributed by atoms with van der Waals surface area (Å²) >= 11 is 6.19. The van der Waals surface area contributed by atoms with Crippen LogP contribution in [0.4, 0.5) is 0 Å². The van der Waals surface area contributed by atoms with Gasteiger partial charge in [0.1, 0.15) is 33.8 Å². The van der Waals surface area contributed by atoms with Crippen molar-refractivity contribution in [1.82, 2.24) is 15.4 Å². The monoisotopic (exact) mass is 467 g/mol. The number of aryl methyl sites for hydroxylation is 1. The molecule has 10 nitrogen and oxygen atoms in total. The number of carboxylic acids is 1. The molecule has 0 aliphatic carbocycles. The fourth-order valence-corrected chi connectivity index (χ4v) is 6.57. The van der Waals surface area contributed by atoms with Gasteiger partial charge in [0.15, 0.2) is 15.2 Å². The molecule has 2 N–H and O–H groups in total. The number of hydrogen-bond donors (Lipinski definition) is 2. The van der Waals surface area contributed by atoms with Gasteiger partial charge >= 0.3 is 5.97 Å². The summed E-state index contributed by atoms with van der Waals surface area (Å²) in [4.78, 5) is 38.1. The van der Waals surface area contributed by atoms with Gasteiger partial charge in [0.25, 0.3) is 5.91 Å². The van der Waals surface area contributed by atoms with Gasteiger partial charge in [-0.05, 0) is 26.8 Å².